The molecule has 1 aromatic rings. The second kappa shape index (κ2) is 6.62. The first-order chi connectivity index (χ1) is 9.45. The molecule has 0 amide bonds. The Labute approximate surface area is 123 Å². The largest absolute Gasteiger partial charge is 0.491 e. The second-order valence-electron chi connectivity index (χ2n) is 6.86. The lowest BCUT2D eigenvalue weighted by Crippen LogP contribution is -2.24. The molecule has 1 aliphatic rings. The third kappa shape index (κ3) is 3.99. The zero-order valence-electron chi connectivity index (χ0n) is 13.2. The molecule has 1 aromatic carbocycles. The van der Waals surface area contributed by atoms with Crippen LogP contribution in [0.4, 0.5) is 0 Å². The van der Waals surface area contributed by atoms with E-state index < -0.39 is 0 Å². The highest BCUT2D eigenvalue weighted by atomic mass is 16.5. The fraction of sp³-hybridized carbons (Fsp3) is 0.667. The predicted molar refractivity (Wildman–Crippen MR) is 82.8 cm³/mol. The van der Waals surface area contributed by atoms with Gasteiger partial charge in [-0.1, -0.05) is 26.0 Å². The van der Waals surface area contributed by atoms with Gasteiger partial charge >= 0.3 is 0 Å². The Bertz CT molecular complexity index is 417. The van der Waals surface area contributed by atoms with Crippen LogP contribution in [0.25, 0.3) is 0 Å². The van der Waals surface area contributed by atoms with E-state index in [0.29, 0.717) is 17.8 Å². The summed E-state index contributed by atoms with van der Waals surface area (Å²) in [6.07, 6.45) is 3.34. The summed E-state index contributed by atoms with van der Waals surface area (Å²) in [5.74, 6) is 2.67. The average Bonchev–Trinajstić information content (AvgIpc) is 2.36. The van der Waals surface area contributed by atoms with E-state index in [2.05, 4.69) is 13.8 Å². The lowest BCUT2D eigenvalue weighted by Gasteiger charge is -2.34. The van der Waals surface area contributed by atoms with Crippen LogP contribution in [0.2, 0.25) is 0 Å². The number of rotatable bonds is 4. The van der Waals surface area contributed by atoms with Crippen LogP contribution in [0.15, 0.2) is 24.3 Å². The summed E-state index contributed by atoms with van der Waals surface area (Å²) in [7, 11) is 0. The third-order valence-electron chi connectivity index (χ3n) is 4.23. The molecule has 2 nitrogen and oxygen atoms in total. The molecule has 1 saturated carbocycles. The van der Waals surface area contributed by atoms with E-state index >= 15 is 0 Å². The number of hydrogen-bond donors (Lipinski definition) is 1. The zero-order valence-corrected chi connectivity index (χ0v) is 13.2. The van der Waals surface area contributed by atoms with Crippen molar-refractivity contribution in [1.29, 1.82) is 0 Å². The van der Waals surface area contributed by atoms with Crippen molar-refractivity contribution in [2.24, 2.45) is 17.8 Å². The van der Waals surface area contributed by atoms with Crippen LogP contribution in [0.5, 0.6) is 5.75 Å². The summed E-state index contributed by atoms with van der Waals surface area (Å²) in [5.41, 5.74) is 0.995. The number of hydrogen-bond acceptors (Lipinski definition) is 2. The van der Waals surface area contributed by atoms with Crippen molar-refractivity contribution < 1.29 is 9.84 Å². The molecule has 0 radical (unpaired) electrons. The van der Waals surface area contributed by atoms with E-state index in [4.69, 9.17) is 4.74 Å². The molecule has 2 rings (SSSR count). The normalized spacial score (nSPS) is 28.4. The highest BCUT2D eigenvalue weighted by Gasteiger charge is 2.29. The van der Waals surface area contributed by atoms with Crippen molar-refractivity contribution in [1.82, 2.24) is 0 Å². The highest BCUT2D eigenvalue weighted by molar-refractivity contribution is 5.30. The summed E-state index contributed by atoms with van der Waals surface area (Å²) >= 11 is 0. The number of aliphatic hydroxyl groups excluding tert-OH is 1. The Hall–Kier alpha value is -1.02. The first-order valence-corrected chi connectivity index (χ1v) is 7.90. The van der Waals surface area contributed by atoms with E-state index in [1.807, 2.05) is 38.1 Å². The van der Waals surface area contributed by atoms with Gasteiger partial charge in [-0.15, -0.1) is 0 Å². The first-order valence-electron chi connectivity index (χ1n) is 7.90. The van der Waals surface area contributed by atoms with Gasteiger partial charge in [0.1, 0.15) is 5.75 Å². The van der Waals surface area contributed by atoms with Crippen LogP contribution in [0.3, 0.4) is 0 Å². The van der Waals surface area contributed by atoms with Crippen molar-refractivity contribution in [2.45, 2.75) is 59.2 Å². The molecule has 3 unspecified atom stereocenters. The van der Waals surface area contributed by atoms with Gasteiger partial charge < -0.3 is 9.84 Å². The van der Waals surface area contributed by atoms with Crippen LogP contribution in [0, 0.1) is 17.8 Å². The SMILES string of the molecule is CC1CC(C)CC(C(O)c2cccc(OC(C)C)c2)C1. The Morgan fingerprint density at radius 1 is 1.10 bits per heavy atom. The Kier molecular flexibility index (Phi) is 5.09. The standard InChI is InChI=1S/C18H28O2/c1-12(2)20-17-7-5-6-15(11-17)18(19)16-9-13(3)8-14(4)10-16/h5-7,11-14,16,18-19H,8-10H2,1-4H3. The van der Waals surface area contributed by atoms with Crippen molar-refractivity contribution >= 4 is 0 Å². The van der Waals surface area contributed by atoms with E-state index in [1.54, 1.807) is 0 Å². The predicted octanol–water partition coefficient (Wildman–Crippen LogP) is 4.58. The Morgan fingerprint density at radius 3 is 2.35 bits per heavy atom. The molecule has 2 heteroatoms. The van der Waals surface area contributed by atoms with Crippen molar-refractivity contribution in [3.63, 3.8) is 0 Å². The molecule has 0 spiro atoms. The Morgan fingerprint density at radius 2 is 1.75 bits per heavy atom. The maximum atomic E-state index is 10.7. The molecule has 1 N–H and O–H groups in total. The van der Waals surface area contributed by atoms with Gasteiger partial charge in [0.15, 0.2) is 0 Å². The molecule has 112 valence electrons. The lowest BCUT2D eigenvalue weighted by atomic mass is 9.73. The van der Waals surface area contributed by atoms with E-state index in [-0.39, 0.29) is 12.2 Å². The van der Waals surface area contributed by atoms with Gasteiger partial charge in [-0.3, -0.25) is 0 Å². The van der Waals surface area contributed by atoms with Crippen LogP contribution < -0.4 is 4.74 Å². The minimum Gasteiger partial charge on any atom is -0.491 e. The molecular weight excluding hydrogens is 248 g/mol. The van der Waals surface area contributed by atoms with Crippen LogP contribution in [-0.4, -0.2) is 11.2 Å². The van der Waals surface area contributed by atoms with Gasteiger partial charge in [0.25, 0.3) is 0 Å². The van der Waals surface area contributed by atoms with Gasteiger partial charge in [-0.05, 0) is 68.6 Å². The van der Waals surface area contributed by atoms with Crippen LogP contribution >= 0.6 is 0 Å². The van der Waals surface area contributed by atoms with Gasteiger partial charge in [0.2, 0.25) is 0 Å². The highest BCUT2D eigenvalue weighted by Crippen LogP contribution is 2.40. The number of ether oxygens (including phenoxy) is 1. The molecule has 1 fully saturated rings. The molecule has 0 aliphatic heterocycles. The fourth-order valence-corrected chi connectivity index (χ4v) is 3.58. The molecule has 0 bridgehead atoms. The second-order valence-corrected chi connectivity index (χ2v) is 6.86. The van der Waals surface area contributed by atoms with Gasteiger partial charge in [-0.25, -0.2) is 0 Å². The summed E-state index contributed by atoms with van der Waals surface area (Å²) in [6, 6.07) is 7.95. The van der Waals surface area contributed by atoms with Gasteiger partial charge in [-0.2, -0.15) is 0 Å². The minimum atomic E-state index is -0.365. The average molecular weight is 276 g/mol. The molecular formula is C18H28O2. The summed E-state index contributed by atoms with van der Waals surface area (Å²) in [4.78, 5) is 0. The summed E-state index contributed by atoms with van der Waals surface area (Å²) < 4.78 is 5.72. The van der Waals surface area contributed by atoms with Gasteiger partial charge in [0.05, 0.1) is 12.2 Å². The smallest absolute Gasteiger partial charge is 0.120 e. The third-order valence-corrected chi connectivity index (χ3v) is 4.23. The van der Waals surface area contributed by atoms with Crippen molar-refractivity contribution in [3.05, 3.63) is 29.8 Å². The first kappa shape index (κ1) is 15.4. The Balaban J connectivity index is 2.09. The maximum Gasteiger partial charge on any atom is 0.120 e. The maximum absolute atomic E-state index is 10.7. The molecule has 0 saturated heterocycles. The summed E-state index contributed by atoms with van der Waals surface area (Å²) in [6.45, 7) is 8.64. The molecule has 0 aromatic heterocycles. The topological polar surface area (TPSA) is 29.5 Å². The molecule has 1 aliphatic carbocycles. The zero-order chi connectivity index (χ0) is 14.7. The molecule has 20 heavy (non-hydrogen) atoms. The number of benzene rings is 1. The van der Waals surface area contributed by atoms with Gasteiger partial charge in [0, 0.05) is 0 Å². The summed E-state index contributed by atoms with van der Waals surface area (Å²) in [5, 5.41) is 10.7. The van der Waals surface area contributed by atoms with Crippen LogP contribution in [-0.2, 0) is 0 Å². The van der Waals surface area contributed by atoms with Crippen molar-refractivity contribution in [3.8, 4) is 5.75 Å². The van der Waals surface area contributed by atoms with E-state index in [1.165, 1.54) is 6.42 Å². The van der Waals surface area contributed by atoms with Crippen molar-refractivity contribution in [2.75, 3.05) is 0 Å². The van der Waals surface area contributed by atoms with E-state index in [9.17, 15) is 5.11 Å². The minimum absolute atomic E-state index is 0.164. The van der Waals surface area contributed by atoms with E-state index in [0.717, 1.165) is 24.2 Å². The lowest BCUT2D eigenvalue weighted by molar-refractivity contribution is 0.0549. The number of aliphatic hydroxyl groups is 1. The van der Waals surface area contributed by atoms with Crippen LogP contribution in [0.1, 0.15) is 58.6 Å². The fourth-order valence-electron chi connectivity index (χ4n) is 3.58. The quantitative estimate of drug-likeness (QED) is 0.872. The monoisotopic (exact) mass is 276 g/mol. The molecule has 0 heterocycles. The molecule has 3 atom stereocenters.